The normalized spacial score (nSPS) is 11.8. The molecule has 0 aliphatic rings. The SMILES string of the molecule is CCc1nsc(Sc2cc(C(F)(F)F)nc(N)n2)n1. The maximum atomic E-state index is 12.6. The molecule has 0 aliphatic carbocycles. The molecule has 0 saturated carbocycles. The van der Waals surface area contributed by atoms with Crippen LogP contribution in [0.4, 0.5) is 19.1 Å². The van der Waals surface area contributed by atoms with Gasteiger partial charge in [0.05, 0.1) is 0 Å². The van der Waals surface area contributed by atoms with E-state index >= 15 is 0 Å². The van der Waals surface area contributed by atoms with Crippen LogP contribution in [0.3, 0.4) is 0 Å². The second-order valence-corrected chi connectivity index (χ2v) is 5.40. The third-order valence-electron chi connectivity index (χ3n) is 1.97. The zero-order valence-electron chi connectivity index (χ0n) is 9.60. The summed E-state index contributed by atoms with van der Waals surface area (Å²) in [5.74, 6) is 0.225. The Morgan fingerprint density at radius 3 is 2.63 bits per heavy atom. The van der Waals surface area contributed by atoms with Gasteiger partial charge in [-0.25, -0.2) is 15.0 Å². The number of hydrogen-bond donors (Lipinski definition) is 1. The van der Waals surface area contributed by atoms with Crippen LogP contribution in [0.1, 0.15) is 18.4 Å². The average molecular weight is 307 g/mol. The molecule has 0 amide bonds. The van der Waals surface area contributed by atoms with E-state index in [-0.39, 0.29) is 5.03 Å². The lowest BCUT2D eigenvalue weighted by Crippen LogP contribution is -2.11. The summed E-state index contributed by atoms with van der Waals surface area (Å²) in [6, 6.07) is 0.841. The zero-order chi connectivity index (χ0) is 14.0. The number of nitrogen functional groups attached to an aromatic ring is 1. The van der Waals surface area contributed by atoms with Crippen molar-refractivity contribution in [3.05, 3.63) is 17.6 Å². The summed E-state index contributed by atoms with van der Waals surface area (Å²) >= 11 is 2.09. The Morgan fingerprint density at radius 1 is 1.32 bits per heavy atom. The van der Waals surface area contributed by atoms with E-state index in [0.29, 0.717) is 16.6 Å². The molecule has 2 rings (SSSR count). The van der Waals surface area contributed by atoms with Gasteiger partial charge in [0.2, 0.25) is 5.95 Å². The third kappa shape index (κ3) is 3.53. The Labute approximate surface area is 114 Å². The summed E-state index contributed by atoms with van der Waals surface area (Å²) < 4.78 is 42.2. The Bertz CT molecular complexity index is 583. The molecular weight excluding hydrogens is 299 g/mol. The molecule has 2 aromatic heterocycles. The molecular formula is C9H8F3N5S2. The van der Waals surface area contributed by atoms with E-state index < -0.39 is 17.8 Å². The number of rotatable bonds is 3. The predicted octanol–water partition coefficient (Wildman–Crippen LogP) is 2.64. The van der Waals surface area contributed by atoms with Gasteiger partial charge >= 0.3 is 6.18 Å². The molecule has 19 heavy (non-hydrogen) atoms. The van der Waals surface area contributed by atoms with Crippen molar-refractivity contribution >= 4 is 29.2 Å². The second-order valence-electron chi connectivity index (χ2n) is 3.38. The monoisotopic (exact) mass is 307 g/mol. The van der Waals surface area contributed by atoms with Gasteiger partial charge < -0.3 is 5.73 Å². The number of nitrogens with two attached hydrogens (primary N) is 1. The van der Waals surface area contributed by atoms with Gasteiger partial charge in [-0.2, -0.15) is 17.5 Å². The second kappa shape index (κ2) is 5.29. The summed E-state index contributed by atoms with van der Waals surface area (Å²) in [7, 11) is 0. The number of aromatic nitrogens is 4. The fourth-order valence-corrected chi connectivity index (χ4v) is 2.81. The number of anilines is 1. The first-order valence-corrected chi connectivity index (χ1v) is 6.69. The fourth-order valence-electron chi connectivity index (χ4n) is 1.15. The molecule has 2 aromatic rings. The third-order valence-corrected chi connectivity index (χ3v) is 3.68. The van der Waals surface area contributed by atoms with Crippen molar-refractivity contribution in [2.75, 3.05) is 5.73 Å². The van der Waals surface area contributed by atoms with E-state index in [2.05, 4.69) is 19.3 Å². The summed E-state index contributed by atoms with van der Waals surface area (Å²) in [5.41, 5.74) is 4.21. The van der Waals surface area contributed by atoms with E-state index in [1.54, 1.807) is 0 Å². The molecule has 0 fully saturated rings. The highest BCUT2D eigenvalue weighted by Gasteiger charge is 2.33. The Kier molecular flexibility index (Phi) is 3.90. The van der Waals surface area contributed by atoms with Crippen LogP contribution < -0.4 is 5.73 Å². The van der Waals surface area contributed by atoms with E-state index in [0.717, 1.165) is 29.4 Å². The lowest BCUT2D eigenvalue weighted by atomic mass is 10.4. The molecule has 0 spiro atoms. The van der Waals surface area contributed by atoms with E-state index in [1.807, 2.05) is 6.92 Å². The molecule has 102 valence electrons. The number of halogens is 3. The highest BCUT2D eigenvalue weighted by atomic mass is 32.2. The number of nitrogens with zero attached hydrogens (tertiary/aromatic N) is 4. The summed E-state index contributed by atoms with van der Waals surface area (Å²) in [6.07, 6.45) is -3.89. The fraction of sp³-hybridized carbons (Fsp3) is 0.333. The van der Waals surface area contributed by atoms with Crippen LogP contribution in [0.15, 0.2) is 15.4 Å². The lowest BCUT2D eigenvalue weighted by molar-refractivity contribution is -0.141. The molecule has 0 radical (unpaired) electrons. The van der Waals surface area contributed by atoms with Crippen LogP contribution in [0.25, 0.3) is 0 Å². The van der Waals surface area contributed by atoms with Crippen LogP contribution in [0, 0.1) is 0 Å². The maximum Gasteiger partial charge on any atom is 0.433 e. The van der Waals surface area contributed by atoms with Gasteiger partial charge in [0.1, 0.15) is 10.9 Å². The summed E-state index contributed by atoms with van der Waals surface area (Å²) in [5, 5.41) is 0.0960. The van der Waals surface area contributed by atoms with Gasteiger partial charge in [0.15, 0.2) is 10.0 Å². The first-order valence-electron chi connectivity index (χ1n) is 5.10. The molecule has 2 N–H and O–H groups in total. The van der Waals surface area contributed by atoms with Crippen LogP contribution in [-0.4, -0.2) is 19.3 Å². The number of hydrogen-bond acceptors (Lipinski definition) is 7. The Balaban J connectivity index is 2.27. The Morgan fingerprint density at radius 2 is 2.05 bits per heavy atom. The summed E-state index contributed by atoms with van der Waals surface area (Å²) in [4.78, 5) is 11.0. The standard InChI is InChI=1S/C9H8F3N5S2/c1-2-5-15-8(19-17-5)18-6-3-4(9(10,11)12)14-7(13)16-6/h3H,2H2,1H3,(H2,13,14,16). The minimum absolute atomic E-state index is 0.0960. The van der Waals surface area contributed by atoms with Gasteiger partial charge in [0, 0.05) is 12.5 Å². The first-order chi connectivity index (χ1) is 8.88. The first kappa shape index (κ1) is 14.0. The lowest BCUT2D eigenvalue weighted by Gasteiger charge is -2.07. The van der Waals surface area contributed by atoms with Crippen molar-refractivity contribution in [2.45, 2.75) is 28.9 Å². The van der Waals surface area contributed by atoms with Crippen LogP contribution in [-0.2, 0) is 12.6 Å². The van der Waals surface area contributed by atoms with Crippen molar-refractivity contribution in [1.29, 1.82) is 0 Å². The van der Waals surface area contributed by atoms with Crippen molar-refractivity contribution in [2.24, 2.45) is 0 Å². The number of aryl methyl sites for hydroxylation is 1. The van der Waals surface area contributed by atoms with Crippen molar-refractivity contribution < 1.29 is 13.2 Å². The van der Waals surface area contributed by atoms with Crippen molar-refractivity contribution in [1.82, 2.24) is 19.3 Å². The van der Waals surface area contributed by atoms with E-state index in [1.165, 1.54) is 0 Å². The molecule has 0 aliphatic heterocycles. The van der Waals surface area contributed by atoms with E-state index in [9.17, 15) is 13.2 Å². The van der Waals surface area contributed by atoms with Gasteiger partial charge in [-0.15, -0.1) is 0 Å². The molecule has 5 nitrogen and oxygen atoms in total. The minimum atomic E-state index is -4.55. The van der Waals surface area contributed by atoms with Gasteiger partial charge in [-0.05, 0) is 23.3 Å². The zero-order valence-corrected chi connectivity index (χ0v) is 11.2. The van der Waals surface area contributed by atoms with E-state index in [4.69, 9.17) is 5.73 Å². The van der Waals surface area contributed by atoms with Gasteiger partial charge in [0.25, 0.3) is 0 Å². The van der Waals surface area contributed by atoms with Gasteiger partial charge in [-0.1, -0.05) is 6.92 Å². The molecule has 0 aromatic carbocycles. The smallest absolute Gasteiger partial charge is 0.368 e. The molecule has 0 unspecified atom stereocenters. The van der Waals surface area contributed by atoms with Gasteiger partial charge in [-0.3, -0.25) is 0 Å². The van der Waals surface area contributed by atoms with Crippen molar-refractivity contribution in [3.63, 3.8) is 0 Å². The molecule has 2 heterocycles. The van der Waals surface area contributed by atoms with Crippen LogP contribution in [0.2, 0.25) is 0 Å². The van der Waals surface area contributed by atoms with Crippen LogP contribution >= 0.6 is 23.3 Å². The average Bonchev–Trinajstić information content (AvgIpc) is 2.75. The maximum absolute atomic E-state index is 12.6. The number of alkyl halides is 3. The summed E-state index contributed by atoms with van der Waals surface area (Å²) in [6.45, 7) is 1.89. The largest absolute Gasteiger partial charge is 0.433 e. The quantitative estimate of drug-likeness (QED) is 0.878. The predicted molar refractivity (Wildman–Crippen MR) is 64.9 cm³/mol. The topological polar surface area (TPSA) is 77.6 Å². The molecule has 0 bridgehead atoms. The molecule has 0 atom stereocenters. The molecule has 10 heteroatoms. The van der Waals surface area contributed by atoms with Crippen molar-refractivity contribution in [3.8, 4) is 0 Å². The highest BCUT2D eigenvalue weighted by Crippen LogP contribution is 2.33. The van der Waals surface area contributed by atoms with Crippen LogP contribution in [0.5, 0.6) is 0 Å². The minimum Gasteiger partial charge on any atom is -0.368 e. The Hall–Kier alpha value is -1.42. The highest BCUT2D eigenvalue weighted by molar-refractivity contribution is 8.00. The molecule has 0 saturated heterocycles.